The molecule has 0 spiro atoms. The molecule has 1 fully saturated rings. The first-order chi connectivity index (χ1) is 8.65. The van der Waals surface area contributed by atoms with Crippen molar-refractivity contribution in [2.45, 2.75) is 37.5 Å². The van der Waals surface area contributed by atoms with Crippen LogP contribution < -0.4 is 5.32 Å². The lowest BCUT2D eigenvalue weighted by atomic mass is 9.89. The lowest BCUT2D eigenvalue weighted by molar-refractivity contribution is -0.166. The Morgan fingerprint density at radius 3 is 2.58 bits per heavy atom. The van der Waals surface area contributed by atoms with Crippen molar-refractivity contribution >= 4 is 11.8 Å². The van der Waals surface area contributed by atoms with Crippen molar-refractivity contribution in [1.82, 2.24) is 10.2 Å². The van der Waals surface area contributed by atoms with Crippen molar-refractivity contribution in [2.75, 3.05) is 20.1 Å². The van der Waals surface area contributed by atoms with Crippen molar-refractivity contribution < 1.29 is 27.9 Å². The normalized spacial score (nSPS) is 24.2. The van der Waals surface area contributed by atoms with Gasteiger partial charge < -0.3 is 15.3 Å². The van der Waals surface area contributed by atoms with Crippen LogP contribution in [0.15, 0.2) is 0 Å². The second kappa shape index (κ2) is 5.77. The Kier molecular flexibility index (Phi) is 4.78. The van der Waals surface area contributed by atoms with Gasteiger partial charge in [0.15, 0.2) is 0 Å². The molecule has 5 nitrogen and oxygen atoms in total. The van der Waals surface area contributed by atoms with E-state index in [0.29, 0.717) is 6.42 Å². The number of rotatable bonds is 3. The highest BCUT2D eigenvalue weighted by Gasteiger charge is 2.40. The summed E-state index contributed by atoms with van der Waals surface area (Å²) in [7, 11) is 1.40. The molecule has 0 saturated carbocycles. The molecule has 1 atom stereocenters. The Bertz CT molecular complexity index is 360. The van der Waals surface area contributed by atoms with Gasteiger partial charge in [-0.1, -0.05) is 0 Å². The molecular formula is C11H17F3N2O3. The molecule has 110 valence electrons. The van der Waals surface area contributed by atoms with Crippen molar-refractivity contribution in [3.8, 4) is 0 Å². The number of carbonyl (C=O) groups excluding carboxylic acids is 2. The molecule has 1 aliphatic rings. The van der Waals surface area contributed by atoms with Gasteiger partial charge in [-0.3, -0.25) is 9.59 Å². The molecule has 0 radical (unpaired) electrons. The number of nitrogens with zero attached hydrogens (tertiary/aromatic N) is 1. The van der Waals surface area contributed by atoms with E-state index in [0.717, 1.165) is 4.90 Å². The van der Waals surface area contributed by atoms with Gasteiger partial charge in [0.05, 0.1) is 12.0 Å². The summed E-state index contributed by atoms with van der Waals surface area (Å²) in [4.78, 5) is 23.7. The molecule has 0 aromatic carbocycles. The minimum Gasteiger partial charge on any atom is -0.388 e. The van der Waals surface area contributed by atoms with E-state index in [4.69, 9.17) is 0 Å². The van der Waals surface area contributed by atoms with Gasteiger partial charge in [-0.25, -0.2) is 0 Å². The zero-order valence-electron chi connectivity index (χ0n) is 10.6. The minimum absolute atomic E-state index is 0.172. The van der Waals surface area contributed by atoms with Gasteiger partial charge >= 0.3 is 6.18 Å². The van der Waals surface area contributed by atoms with E-state index in [9.17, 15) is 27.9 Å². The summed E-state index contributed by atoms with van der Waals surface area (Å²) < 4.78 is 36.4. The maximum absolute atomic E-state index is 12.1. The van der Waals surface area contributed by atoms with E-state index in [-0.39, 0.29) is 25.9 Å². The van der Waals surface area contributed by atoms with Gasteiger partial charge in [0.1, 0.15) is 6.42 Å². The first-order valence-electron chi connectivity index (χ1n) is 5.93. The molecule has 0 aromatic rings. The zero-order chi connectivity index (χ0) is 14.7. The third kappa shape index (κ3) is 5.06. The number of nitrogens with one attached hydrogen (secondary N) is 1. The van der Waals surface area contributed by atoms with Gasteiger partial charge in [0.25, 0.3) is 0 Å². The number of carbonyl (C=O) groups is 2. The summed E-state index contributed by atoms with van der Waals surface area (Å²) >= 11 is 0. The molecule has 1 saturated heterocycles. The molecule has 0 bridgehead atoms. The summed E-state index contributed by atoms with van der Waals surface area (Å²) in [5.74, 6) is -1.48. The van der Waals surface area contributed by atoms with Crippen LogP contribution in [0.3, 0.4) is 0 Å². The third-order valence-electron chi connectivity index (χ3n) is 3.03. The fourth-order valence-corrected chi connectivity index (χ4v) is 2.14. The average molecular weight is 282 g/mol. The summed E-state index contributed by atoms with van der Waals surface area (Å²) in [6.07, 6.45) is -5.66. The molecule has 1 aliphatic heterocycles. The number of halogens is 3. The second-order valence-electron chi connectivity index (χ2n) is 4.79. The van der Waals surface area contributed by atoms with Crippen LogP contribution >= 0.6 is 0 Å². The first-order valence-corrected chi connectivity index (χ1v) is 5.93. The molecule has 0 aliphatic carbocycles. The van der Waals surface area contributed by atoms with Crippen LogP contribution in [-0.2, 0) is 9.59 Å². The highest BCUT2D eigenvalue weighted by molar-refractivity contribution is 5.78. The molecule has 1 rings (SSSR count). The quantitative estimate of drug-likeness (QED) is 0.788. The van der Waals surface area contributed by atoms with Crippen molar-refractivity contribution in [3.63, 3.8) is 0 Å². The highest BCUT2D eigenvalue weighted by atomic mass is 19.4. The minimum atomic E-state index is -4.56. The van der Waals surface area contributed by atoms with E-state index in [1.165, 1.54) is 7.05 Å². The SMILES string of the molecule is CNC(=O)CC1(O)CCCN(C(=O)CC(F)(F)F)C1. The van der Waals surface area contributed by atoms with Crippen molar-refractivity contribution in [1.29, 1.82) is 0 Å². The van der Waals surface area contributed by atoms with Crippen molar-refractivity contribution in [2.24, 2.45) is 0 Å². The number of hydrogen-bond acceptors (Lipinski definition) is 3. The fourth-order valence-electron chi connectivity index (χ4n) is 2.14. The standard InChI is InChI=1S/C11H17F3N2O3/c1-15-8(17)5-10(19)3-2-4-16(7-10)9(18)6-11(12,13)14/h19H,2-7H2,1H3,(H,15,17). The number of piperidine rings is 1. The van der Waals surface area contributed by atoms with Gasteiger partial charge in [-0.15, -0.1) is 0 Å². The van der Waals surface area contributed by atoms with Crippen LogP contribution in [0.5, 0.6) is 0 Å². The van der Waals surface area contributed by atoms with E-state index in [1.807, 2.05) is 0 Å². The number of β-amino-alcohol motifs (C(OH)–C–C–N with tert-alkyl or cyclic N) is 1. The number of likely N-dealkylation sites (tertiary alicyclic amines) is 1. The first kappa shape index (κ1) is 15.7. The predicted octanol–water partition coefficient (Wildman–Crippen LogP) is 0.428. The Morgan fingerprint density at radius 2 is 2.05 bits per heavy atom. The van der Waals surface area contributed by atoms with Gasteiger partial charge in [0, 0.05) is 20.1 Å². The van der Waals surface area contributed by atoms with Crippen LogP contribution in [-0.4, -0.2) is 53.7 Å². The van der Waals surface area contributed by atoms with Gasteiger partial charge in [-0.2, -0.15) is 13.2 Å². The smallest absolute Gasteiger partial charge is 0.388 e. The topological polar surface area (TPSA) is 69.6 Å². The van der Waals surface area contributed by atoms with E-state index in [1.54, 1.807) is 0 Å². The van der Waals surface area contributed by atoms with E-state index in [2.05, 4.69) is 5.32 Å². The summed E-state index contributed by atoms with van der Waals surface area (Å²) in [5.41, 5.74) is -1.44. The lowest BCUT2D eigenvalue weighted by Gasteiger charge is -2.39. The zero-order valence-corrected chi connectivity index (χ0v) is 10.6. The molecule has 19 heavy (non-hydrogen) atoms. The largest absolute Gasteiger partial charge is 0.397 e. The van der Waals surface area contributed by atoms with E-state index >= 15 is 0 Å². The number of amides is 2. The highest BCUT2D eigenvalue weighted by Crippen LogP contribution is 2.27. The Hall–Kier alpha value is -1.31. The summed E-state index contributed by atoms with van der Waals surface area (Å²) in [6, 6.07) is 0. The molecule has 2 amide bonds. The monoisotopic (exact) mass is 282 g/mol. The maximum Gasteiger partial charge on any atom is 0.397 e. The number of alkyl halides is 3. The molecule has 1 heterocycles. The van der Waals surface area contributed by atoms with Gasteiger partial charge in [0.2, 0.25) is 11.8 Å². The molecule has 0 aromatic heterocycles. The Morgan fingerprint density at radius 1 is 1.42 bits per heavy atom. The number of hydrogen-bond donors (Lipinski definition) is 2. The van der Waals surface area contributed by atoms with Crippen LogP contribution in [0.25, 0.3) is 0 Å². The summed E-state index contributed by atoms with van der Waals surface area (Å²) in [5, 5.41) is 12.5. The molecule has 2 N–H and O–H groups in total. The van der Waals surface area contributed by atoms with Crippen LogP contribution in [0.4, 0.5) is 13.2 Å². The summed E-state index contributed by atoms with van der Waals surface area (Å²) in [6.45, 7) is -0.0691. The lowest BCUT2D eigenvalue weighted by Crippen LogP contribution is -2.52. The Labute approximate surface area is 108 Å². The van der Waals surface area contributed by atoms with Crippen LogP contribution in [0.2, 0.25) is 0 Å². The third-order valence-corrected chi connectivity index (χ3v) is 3.03. The predicted molar refractivity (Wildman–Crippen MR) is 60.1 cm³/mol. The molecular weight excluding hydrogens is 265 g/mol. The molecule has 8 heteroatoms. The number of aliphatic hydroxyl groups is 1. The maximum atomic E-state index is 12.1. The van der Waals surface area contributed by atoms with Crippen LogP contribution in [0, 0.1) is 0 Å². The van der Waals surface area contributed by atoms with E-state index < -0.39 is 30.0 Å². The van der Waals surface area contributed by atoms with Crippen LogP contribution in [0.1, 0.15) is 25.7 Å². The fraction of sp³-hybridized carbons (Fsp3) is 0.818. The second-order valence-corrected chi connectivity index (χ2v) is 4.79. The average Bonchev–Trinajstić information content (AvgIpc) is 2.26. The Balaban J connectivity index is 2.63. The van der Waals surface area contributed by atoms with Crippen molar-refractivity contribution in [3.05, 3.63) is 0 Å². The van der Waals surface area contributed by atoms with Gasteiger partial charge in [-0.05, 0) is 12.8 Å². The molecule has 1 unspecified atom stereocenters.